The molecular weight excluding hydrogens is 621 g/mol. The number of amides is 2. The number of alkyl halides is 1. The number of likely N-dealkylation sites (tertiary alicyclic amines) is 1. The maximum absolute atomic E-state index is 14.1. The van der Waals surface area contributed by atoms with Crippen molar-refractivity contribution in [3.05, 3.63) is 30.0 Å². The molecule has 5 rings (SSSR count). The molecule has 2 saturated carbocycles. The number of hydrogen-bond acceptors (Lipinski definition) is 9. The Kier molecular flexibility index (Phi) is 13.2. The lowest BCUT2D eigenvalue weighted by atomic mass is 9.75. The number of methoxy groups -OCH3 is 2. The van der Waals surface area contributed by atoms with Crippen LogP contribution in [0.1, 0.15) is 74.8 Å². The van der Waals surface area contributed by atoms with E-state index in [-0.39, 0.29) is 48.0 Å². The van der Waals surface area contributed by atoms with E-state index in [1.54, 1.807) is 38.5 Å². The Morgan fingerprint density at radius 2 is 1.75 bits per heavy atom. The first-order valence-electron chi connectivity index (χ1n) is 17.6. The maximum atomic E-state index is 14.1. The molecule has 48 heavy (non-hydrogen) atoms. The van der Waals surface area contributed by atoms with Crippen LogP contribution in [0, 0.1) is 23.7 Å². The molecule has 0 radical (unpaired) electrons. The van der Waals surface area contributed by atoms with E-state index < -0.39 is 24.7 Å². The quantitative estimate of drug-likeness (QED) is 0.195. The number of halogens is 1. The number of rotatable bonds is 15. The predicted molar refractivity (Wildman–Crippen MR) is 178 cm³/mol. The fourth-order valence-electron chi connectivity index (χ4n) is 7.88. The predicted octanol–water partition coefficient (Wildman–Crippen LogP) is 5.11. The van der Waals surface area contributed by atoms with Crippen molar-refractivity contribution in [1.82, 2.24) is 4.90 Å². The molecule has 1 aromatic heterocycles. The van der Waals surface area contributed by atoms with Crippen molar-refractivity contribution in [2.45, 2.75) is 82.4 Å². The van der Waals surface area contributed by atoms with E-state index in [2.05, 4.69) is 5.32 Å². The number of esters is 1. The van der Waals surface area contributed by atoms with Gasteiger partial charge in [-0.1, -0.05) is 0 Å². The topological polar surface area (TPSA) is 143 Å². The lowest BCUT2D eigenvalue weighted by Gasteiger charge is -2.37. The Hall–Kier alpha value is -3.06. The summed E-state index contributed by atoms with van der Waals surface area (Å²) in [4.78, 5) is 42.5. The average Bonchev–Trinajstić information content (AvgIpc) is 3.76. The number of ether oxygens (including phenoxy) is 4. The Morgan fingerprint density at radius 1 is 0.979 bits per heavy atom. The van der Waals surface area contributed by atoms with Gasteiger partial charge >= 0.3 is 5.97 Å². The number of hydrogen-bond donors (Lipinski definition) is 2. The number of nitrogens with two attached hydrogens (primary N) is 1. The van der Waals surface area contributed by atoms with Crippen molar-refractivity contribution in [2.75, 3.05) is 59.2 Å². The minimum atomic E-state index is -0.587. The molecule has 0 spiro atoms. The number of furan rings is 1. The number of carbonyl (C=O) groups is 3. The monoisotopic (exact) mass is 673 g/mol. The van der Waals surface area contributed by atoms with Crippen LogP contribution in [0.25, 0.3) is 11.0 Å². The fourth-order valence-corrected chi connectivity index (χ4v) is 7.88. The molecule has 0 unspecified atom stereocenters. The standard InChI is InChI=1S/C36H52FN3O8/c1-44-18-19-46-16-3-17-47-36(43)32-21-26-20-27(10-13-31(26)48-32)39-34(41)33-29(23-8-11-28(45-2)12-9-23)14-15-40(33)35(42)25-6-4-24(5-7-25)30(38)22-37/h10,13,20-21,23-25,28-30,33H,3-9,11-12,14-19,22,38H2,1-2H3,(H,39,41)/t23?,24-,25-,28?,29-,30-,33-/m1/s1. The van der Waals surface area contributed by atoms with Gasteiger partial charge in [0.05, 0.1) is 25.9 Å². The van der Waals surface area contributed by atoms with E-state index in [1.807, 2.05) is 4.90 Å². The minimum absolute atomic E-state index is 0.0190. The molecular formula is C36H52FN3O8. The lowest BCUT2D eigenvalue weighted by molar-refractivity contribution is -0.142. The van der Waals surface area contributed by atoms with Crippen molar-refractivity contribution >= 4 is 34.4 Å². The zero-order chi connectivity index (χ0) is 34.0. The number of nitrogens with zero attached hydrogens (tertiary/aromatic N) is 1. The number of benzene rings is 1. The van der Waals surface area contributed by atoms with Crippen LogP contribution in [0.5, 0.6) is 0 Å². The molecule has 2 aromatic rings. The first kappa shape index (κ1) is 36.2. The molecule has 1 saturated heterocycles. The third-order valence-electron chi connectivity index (χ3n) is 10.6. The first-order valence-corrected chi connectivity index (χ1v) is 17.6. The Labute approximate surface area is 282 Å². The SMILES string of the molecule is COCCOCCCOC(=O)c1cc2cc(NC(=O)[C@H]3[C@@H](C4CCC(OC)CC4)CCN3C(=O)[C@H]3CC[C@H]([C@H](N)CF)CC3)ccc2o1. The van der Waals surface area contributed by atoms with Crippen molar-refractivity contribution < 1.29 is 42.1 Å². The van der Waals surface area contributed by atoms with Gasteiger partial charge in [0.1, 0.15) is 18.3 Å². The van der Waals surface area contributed by atoms with Crippen molar-refractivity contribution in [3.8, 4) is 0 Å². The summed E-state index contributed by atoms with van der Waals surface area (Å²) in [6, 6.07) is 5.77. The van der Waals surface area contributed by atoms with E-state index in [0.29, 0.717) is 68.2 Å². The average molecular weight is 674 g/mol. The van der Waals surface area contributed by atoms with Gasteiger partial charge in [-0.05, 0) is 99.8 Å². The fraction of sp³-hybridized carbons (Fsp3) is 0.694. The van der Waals surface area contributed by atoms with Gasteiger partial charge in [-0.15, -0.1) is 0 Å². The molecule has 1 aliphatic heterocycles. The highest BCUT2D eigenvalue weighted by Crippen LogP contribution is 2.42. The number of fused-ring (bicyclic) bond motifs is 1. The molecule has 266 valence electrons. The Bertz CT molecular complexity index is 1350. The molecule has 3 atom stereocenters. The Morgan fingerprint density at radius 3 is 2.46 bits per heavy atom. The minimum Gasteiger partial charge on any atom is -0.460 e. The maximum Gasteiger partial charge on any atom is 0.374 e. The molecule has 2 amide bonds. The summed E-state index contributed by atoms with van der Waals surface area (Å²) in [6.45, 7) is 1.64. The van der Waals surface area contributed by atoms with Gasteiger partial charge in [0.25, 0.3) is 0 Å². The molecule has 11 nitrogen and oxygen atoms in total. The van der Waals surface area contributed by atoms with Gasteiger partial charge < -0.3 is 39.3 Å². The van der Waals surface area contributed by atoms with Crippen molar-refractivity contribution in [1.29, 1.82) is 0 Å². The third-order valence-corrected chi connectivity index (χ3v) is 10.6. The van der Waals surface area contributed by atoms with E-state index >= 15 is 0 Å². The Balaban J connectivity index is 1.25. The summed E-state index contributed by atoms with van der Waals surface area (Å²) in [5, 5.41) is 3.74. The van der Waals surface area contributed by atoms with E-state index in [9.17, 15) is 18.8 Å². The summed E-state index contributed by atoms with van der Waals surface area (Å²) in [6.07, 6.45) is 8.15. The van der Waals surface area contributed by atoms with E-state index in [1.165, 1.54) is 0 Å². The molecule has 2 heterocycles. The van der Waals surface area contributed by atoms with E-state index in [0.717, 1.165) is 44.9 Å². The second kappa shape index (κ2) is 17.6. The zero-order valence-corrected chi connectivity index (χ0v) is 28.3. The zero-order valence-electron chi connectivity index (χ0n) is 28.3. The lowest BCUT2D eigenvalue weighted by Crippen LogP contribution is -2.50. The van der Waals surface area contributed by atoms with Crippen molar-refractivity contribution in [3.63, 3.8) is 0 Å². The molecule has 3 fully saturated rings. The van der Waals surface area contributed by atoms with Crippen LogP contribution in [0.3, 0.4) is 0 Å². The summed E-state index contributed by atoms with van der Waals surface area (Å²) in [5.41, 5.74) is 7.03. The highest BCUT2D eigenvalue weighted by molar-refractivity contribution is 6.00. The van der Waals surface area contributed by atoms with Gasteiger partial charge in [-0.2, -0.15) is 0 Å². The molecule has 0 bridgehead atoms. The number of anilines is 1. The molecule has 3 aliphatic rings. The summed E-state index contributed by atoms with van der Waals surface area (Å²) in [5.74, 6) is -0.400. The number of carbonyl (C=O) groups excluding carboxylic acids is 3. The smallest absolute Gasteiger partial charge is 0.374 e. The number of nitrogens with one attached hydrogen (secondary N) is 1. The van der Waals surface area contributed by atoms with E-state index in [4.69, 9.17) is 29.1 Å². The molecule has 2 aliphatic carbocycles. The van der Waals surface area contributed by atoms with Crippen LogP contribution in [-0.4, -0.2) is 94.7 Å². The largest absolute Gasteiger partial charge is 0.460 e. The van der Waals surface area contributed by atoms with Crippen LogP contribution in [-0.2, 0) is 28.5 Å². The molecule has 1 aromatic carbocycles. The summed E-state index contributed by atoms with van der Waals surface area (Å²) in [7, 11) is 3.35. The van der Waals surface area contributed by atoms with Crippen molar-refractivity contribution in [2.24, 2.45) is 29.4 Å². The van der Waals surface area contributed by atoms with Crippen LogP contribution in [0.15, 0.2) is 28.7 Å². The summed E-state index contributed by atoms with van der Waals surface area (Å²) < 4.78 is 40.2. The van der Waals surface area contributed by atoms with Gasteiger partial charge in [0.2, 0.25) is 17.6 Å². The second-order valence-corrected chi connectivity index (χ2v) is 13.6. The van der Waals surface area contributed by atoms with Crippen LogP contribution in [0.2, 0.25) is 0 Å². The molecule has 12 heteroatoms. The van der Waals surface area contributed by atoms with Gasteiger partial charge in [0, 0.05) is 56.8 Å². The summed E-state index contributed by atoms with van der Waals surface area (Å²) >= 11 is 0. The van der Waals surface area contributed by atoms with Crippen LogP contribution < -0.4 is 11.1 Å². The van der Waals surface area contributed by atoms with Gasteiger partial charge in [-0.25, -0.2) is 9.18 Å². The normalized spacial score (nSPS) is 26.8. The third kappa shape index (κ3) is 8.94. The highest BCUT2D eigenvalue weighted by atomic mass is 19.1. The second-order valence-electron chi connectivity index (χ2n) is 13.6. The van der Waals surface area contributed by atoms with Crippen LogP contribution >= 0.6 is 0 Å². The molecule has 3 N–H and O–H groups in total. The van der Waals surface area contributed by atoms with Gasteiger partial charge in [0.15, 0.2) is 0 Å². The first-order chi connectivity index (χ1) is 23.3. The van der Waals surface area contributed by atoms with Gasteiger partial charge in [-0.3, -0.25) is 9.59 Å². The highest BCUT2D eigenvalue weighted by Gasteiger charge is 2.47. The van der Waals surface area contributed by atoms with Crippen LogP contribution in [0.4, 0.5) is 10.1 Å².